The van der Waals surface area contributed by atoms with Gasteiger partial charge in [0.25, 0.3) is 5.91 Å². The van der Waals surface area contributed by atoms with Crippen LogP contribution < -0.4 is 10.6 Å². The molecule has 1 aromatic carbocycles. The maximum absolute atomic E-state index is 11.9. The molecule has 0 aliphatic carbocycles. The van der Waals surface area contributed by atoms with Crippen molar-refractivity contribution in [2.45, 2.75) is 24.8 Å². The molecule has 124 valence electrons. The van der Waals surface area contributed by atoms with Crippen molar-refractivity contribution >= 4 is 17.8 Å². The van der Waals surface area contributed by atoms with E-state index in [4.69, 9.17) is 4.74 Å². The van der Waals surface area contributed by atoms with Crippen molar-refractivity contribution in [3.05, 3.63) is 35.9 Å². The van der Waals surface area contributed by atoms with E-state index in [1.807, 2.05) is 6.07 Å². The van der Waals surface area contributed by atoms with Crippen molar-refractivity contribution < 1.29 is 24.2 Å². The highest BCUT2D eigenvalue weighted by atomic mass is 16.5. The van der Waals surface area contributed by atoms with Crippen molar-refractivity contribution in [3.8, 4) is 0 Å². The van der Waals surface area contributed by atoms with E-state index >= 15 is 0 Å². The number of carbonyl (C=O) groups excluding carboxylic acids is 2. The van der Waals surface area contributed by atoms with Gasteiger partial charge in [0.1, 0.15) is 0 Å². The van der Waals surface area contributed by atoms with Gasteiger partial charge in [-0.3, -0.25) is 9.59 Å². The van der Waals surface area contributed by atoms with E-state index in [1.165, 1.54) is 0 Å². The lowest BCUT2D eigenvalue weighted by molar-refractivity contribution is -0.147. The predicted octanol–water partition coefficient (Wildman–Crippen LogP) is 0.556. The van der Waals surface area contributed by atoms with Crippen LogP contribution in [-0.2, 0) is 14.3 Å². The fourth-order valence-electron chi connectivity index (χ4n) is 2.36. The maximum atomic E-state index is 11.9. The first-order valence-electron chi connectivity index (χ1n) is 7.49. The highest BCUT2D eigenvalue weighted by molar-refractivity contribution is 5.94. The Morgan fingerprint density at radius 3 is 2.57 bits per heavy atom. The molecule has 0 bridgehead atoms. The Morgan fingerprint density at radius 2 is 1.96 bits per heavy atom. The lowest BCUT2D eigenvalue weighted by Crippen LogP contribution is -2.55. The molecule has 1 aliphatic heterocycles. The summed E-state index contributed by atoms with van der Waals surface area (Å²) in [6.45, 7) is 0.649. The molecular formula is C16H20N2O5. The molecule has 0 saturated carbocycles. The fraction of sp³-hybridized carbons (Fsp3) is 0.438. The summed E-state index contributed by atoms with van der Waals surface area (Å²) in [6, 6.07) is 8.79. The standard InChI is InChI=1S/C16H20N2O5/c19-13(18-16(15(21)22)8-10-23-11-16)7-4-9-17-14(20)12-5-2-1-3-6-12/h1-3,5-6H,4,7-11H2,(H,17,20)(H,18,19)(H,21,22). The Hall–Kier alpha value is -2.41. The molecule has 3 N–H and O–H groups in total. The minimum Gasteiger partial charge on any atom is -0.479 e. The van der Waals surface area contributed by atoms with Crippen LogP contribution in [0, 0.1) is 0 Å². The number of benzene rings is 1. The molecule has 1 heterocycles. The Morgan fingerprint density at radius 1 is 1.22 bits per heavy atom. The number of nitrogens with one attached hydrogen (secondary N) is 2. The third kappa shape index (κ3) is 4.53. The fourth-order valence-corrected chi connectivity index (χ4v) is 2.36. The number of ether oxygens (including phenoxy) is 1. The van der Waals surface area contributed by atoms with E-state index in [-0.39, 0.29) is 31.3 Å². The Kier molecular flexibility index (Phi) is 5.70. The first-order chi connectivity index (χ1) is 11.0. The van der Waals surface area contributed by atoms with Crippen molar-refractivity contribution in [2.24, 2.45) is 0 Å². The molecule has 1 unspecified atom stereocenters. The third-order valence-electron chi connectivity index (χ3n) is 3.71. The lowest BCUT2D eigenvalue weighted by Gasteiger charge is -2.23. The average molecular weight is 320 g/mol. The number of hydrogen-bond acceptors (Lipinski definition) is 4. The van der Waals surface area contributed by atoms with E-state index < -0.39 is 11.5 Å². The normalized spacial score (nSPS) is 20.0. The highest BCUT2D eigenvalue weighted by Crippen LogP contribution is 2.19. The molecule has 2 rings (SSSR count). The van der Waals surface area contributed by atoms with Gasteiger partial charge in [-0.15, -0.1) is 0 Å². The van der Waals surface area contributed by atoms with Crippen LogP contribution >= 0.6 is 0 Å². The van der Waals surface area contributed by atoms with Crippen molar-refractivity contribution in [1.82, 2.24) is 10.6 Å². The van der Waals surface area contributed by atoms with Gasteiger partial charge >= 0.3 is 5.97 Å². The number of rotatable bonds is 7. The predicted molar refractivity (Wildman–Crippen MR) is 82.0 cm³/mol. The number of carboxylic acid groups (broad SMARTS) is 1. The maximum Gasteiger partial charge on any atom is 0.331 e. The molecule has 7 heteroatoms. The highest BCUT2D eigenvalue weighted by Gasteiger charge is 2.43. The van der Waals surface area contributed by atoms with Gasteiger partial charge in [-0.1, -0.05) is 18.2 Å². The lowest BCUT2D eigenvalue weighted by atomic mass is 9.98. The summed E-state index contributed by atoms with van der Waals surface area (Å²) in [5, 5.41) is 14.5. The Balaban J connectivity index is 1.71. The summed E-state index contributed by atoms with van der Waals surface area (Å²) in [6.07, 6.45) is 0.837. The van der Waals surface area contributed by atoms with Crippen LogP contribution in [0.5, 0.6) is 0 Å². The zero-order chi connectivity index (χ0) is 16.7. The Labute approximate surface area is 134 Å². The van der Waals surface area contributed by atoms with E-state index in [1.54, 1.807) is 24.3 Å². The first kappa shape index (κ1) is 17.0. The van der Waals surface area contributed by atoms with E-state index in [0.29, 0.717) is 25.1 Å². The molecular weight excluding hydrogens is 300 g/mol. The monoisotopic (exact) mass is 320 g/mol. The molecule has 1 aliphatic rings. The summed E-state index contributed by atoms with van der Waals surface area (Å²) in [4.78, 5) is 35.0. The van der Waals surface area contributed by atoms with Gasteiger partial charge in [0, 0.05) is 31.6 Å². The van der Waals surface area contributed by atoms with Gasteiger partial charge in [0.2, 0.25) is 5.91 Å². The van der Waals surface area contributed by atoms with Gasteiger partial charge in [-0.2, -0.15) is 0 Å². The molecule has 7 nitrogen and oxygen atoms in total. The van der Waals surface area contributed by atoms with E-state index in [0.717, 1.165) is 0 Å². The summed E-state index contributed by atoms with van der Waals surface area (Å²) in [7, 11) is 0. The van der Waals surface area contributed by atoms with Gasteiger partial charge in [0.05, 0.1) is 6.61 Å². The molecule has 1 atom stereocenters. The number of amides is 2. The minimum absolute atomic E-state index is 0.0151. The van der Waals surface area contributed by atoms with Gasteiger partial charge < -0.3 is 20.5 Å². The summed E-state index contributed by atoms with van der Waals surface area (Å²) >= 11 is 0. The van der Waals surface area contributed by atoms with Crippen LogP contribution in [0.3, 0.4) is 0 Å². The third-order valence-corrected chi connectivity index (χ3v) is 3.71. The van der Waals surface area contributed by atoms with Crippen LogP contribution in [0.25, 0.3) is 0 Å². The van der Waals surface area contributed by atoms with Crippen molar-refractivity contribution in [1.29, 1.82) is 0 Å². The Bertz CT molecular complexity index is 567. The molecule has 1 saturated heterocycles. The molecule has 0 radical (unpaired) electrons. The minimum atomic E-state index is -1.32. The second-order valence-corrected chi connectivity index (χ2v) is 5.46. The number of carboxylic acids is 1. The number of carbonyl (C=O) groups is 3. The van der Waals surface area contributed by atoms with Crippen molar-refractivity contribution in [2.75, 3.05) is 19.8 Å². The number of hydrogen-bond donors (Lipinski definition) is 3. The number of aliphatic carboxylic acids is 1. The molecule has 23 heavy (non-hydrogen) atoms. The topological polar surface area (TPSA) is 105 Å². The molecule has 2 amide bonds. The van der Waals surface area contributed by atoms with Gasteiger partial charge in [0.15, 0.2) is 5.54 Å². The second-order valence-electron chi connectivity index (χ2n) is 5.46. The summed E-state index contributed by atoms with van der Waals surface area (Å²) in [5.41, 5.74) is -0.755. The van der Waals surface area contributed by atoms with Crippen LogP contribution in [0.4, 0.5) is 0 Å². The molecule has 0 spiro atoms. The summed E-state index contributed by atoms with van der Waals surface area (Å²) < 4.78 is 5.08. The van der Waals surface area contributed by atoms with Crippen LogP contribution in [0.1, 0.15) is 29.6 Å². The zero-order valence-electron chi connectivity index (χ0n) is 12.7. The first-order valence-corrected chi connectivity index (χ1v) is 7.49. The summed E-state index contributed by atoms with van der Waals surface area (Å²) in [5.74, 6) is -1.63. The SMILES string of the molecule is O=C(CCCNC(=O)c1ccccc1)NC1(C(=O)O)CCOC1. The molecule has 0 aromatic heterocycles. The smallest absolute Gasteiger partial charge is 0.331 e. The van der Waals surface area contributed by atoms with Crippen LogP contribution in [0.15, 0.2) is 30.3 Å². The van der Waals surface area contributed by atoms with Crippen LogP contribution in [-0.4, -0.2) is 48.2 Å². The van der Waals surface area contributed by atoms with Crippen LogP contribution in [0.2, 0.25) is 0 Å². The van der Waals surface area contributed by atoms with E-state index in [2.05, 4.69) is 10.6 Å². The largest absolute Gasteiger partial charge is 0.479 e. The molecule has 1 aromatic rings. The average Bonchev–Trinajstić information content (AvgIpc) is 3.02. The zero-order valence-corrected chi connectivity index (χ0v) is 12.7. The van der Waals surface area contributed by atoms with Gasteiger partial charge in [-0.05, 0) is 18.6 Å². The van der Waals surface area contributed by atoms with E-state index in [9.17, 15) is 19.5 Å². The molecule has 1 fully saturated rings. The quantitative estimate of drug-likeness (QED) is 0.637. The van der Waals surface area contributed by atoms with Gasteiger partial charge in [-0.25, -0.2) is 4.79 Å². The van der Waals surface area contributed by atoms with Crippen molar-refractivity contribution in [3.63, 3.8) is 0 Å². The second kappa shape index (κ2) is 7.73.